The third kappa shape index (κ3) is 2.47. The lowest BCUT2D eigenvalue weighted by atomic mass is 9.48. The van der Waals surface area contributed by atoms with Crippen LogP contribution >= 0.6 is 0 Å². The molecule has 0 bridgehead atoms. The van der Waals surface area contributed by atoms with E-state index in [2.05, 4.69) is 39.8 Å². The normalized spacial score (nSPS) is 45.5. The lowest BCUT2D eigenvalue weighted by Crippen LogP contribution is -2.59. The van der Waals surface area contributed by atoms with E-state index in [0.29, 0.717) is 11.8 Å². The molecule has 156 valence electrons. The van der Waals surface area contributed by atoms with Gasteiger partial charge in [-0.25, -0.2) is 0 Å². The fourth-order valence-corrected chi connectivity index (χ4v) is 7.65. The Kier molecular flexibility index (Phi) is 4.39. The summed E-state index contributed by atoms with van der Waals surface area (Å²) in [5, 5.41) is 0. The van der Waals surface area contributed by atoms with Crippen LogP contribution in [0.2, 0.25) is 0 Å². The smallest absolute Gasteiger partial charge is 0.303 e. The molecule has 0 N–H and O–H groups in total. The number of Topliss-reactive ketones (excluding diaryl/α,β-unsaturated/α-hetero) is 1. The summed E-state index contributed by atoms with van der Waals surface area (Å²) in [4.78, 5) is 37.0. The van der Waals surface area contributed by atoms with Crippen molar-refractivity contribution in [3.05, 3.63) is 35.5 Å². The highest BCUT2D eigenvalue weighted by molar-refractivity contribution is 6.02. The van der Waals surface area contributed by atoms with Crippen LogP contribution in [-0.2, 0) is 19.1 Å². The summed E-state index contributed by atoms with van der Waals surface area (Å²) < 4.78 is 5.92. The first-order chi connectivity index (χ1) is 13.5. The van der Waals surface area contributed by atoms with Crippen molar-refractivity contribution in [2.24, 2.45) is 34.5 Å². The van der Waals surface area contributed by atoms with Gasteiger partial charge in [0.15, 0.2) is 17.2 Å². The highest BCUT2D eigenvalue weighted by atomic mass is 16.6. The van der Waals surface area contributed by atoms with Gasteiger partial charge < -0.3 is 4.74 Å². The number of hydrogen-bond donors (Lipinski definition) is 0. The Morgan fingerprint density at radius 3 is 2.48 bits per heavy atom. The van der Waals surface area contributed by atoms with Crippen LogP contribution in [0.15, 0.2) is 35.5 Å². The first-order valence-electron chi connectivity index (χ1n) is 10.8. The van der Waals surface area contributed by atoms with Crippen LogP contribution < -0.4 is 0 Å². The van der Waals surface area contributed by atoms with E-state index in [1.807, 2.05) is 0 Å². The van der Waals surface area contributed by atoms with E-state index in [1.165, 1.54) is 6.92 Å². The molecule has 4 rings (SSSR count). The molecule has 0 radical (unpaired) electrons. The van der Waals surface area contributed by atoms with Crippen LogP contribution in [0.25, 0.3) is 0 Å². The molecule has 0 aliphatic heterocycles. The molecule has 0 aromatic heterocycles. The number of ether oxygens (including phenoxy) is 1. The number of allylic oxidation sites excluding steroid dienone is 6. The van der Waals surface area contributed by atoms with E-state index in [9.17, 15) is 14.4 Å². The molecule has 2 saturated carbocycles. The minimum absolute atomic E-state index is 0.0143. The molecule has 29 heavy (non-hydrogen) atoms. The molecule has 0 spiro atoms. The van der Waals surface area contributed by atoms with Crippen LogP contribution in [0.4, 0.5) is 0 Å². The second-order valence-electron chi connectivity index (χ2n) is 10.2. The van der Waals surface area contributed by atoms with E-state index < -0.39 is 5.60 Å². The van der Waals surface area contributed by atoms with Gasteiger partial charge in [0.1, 0.15) is 0 Å². The molecule has 0 unspecified atom stereocenters. The van der Waals surface area contributed by atoms with Gasteiger partial charge in [0, 0.05) is 23.7 Å². The Bertz CT molecular complexity index is 892. The number of hydrogen-bond acceptors (Lipinski definition) is 4. The van der Waals surface area contributed by atoms with E-state index >= 15 is 0 Å². The first-order valence-corrected chi connectivity index (χ1v) is 10.8. The van der Waals surface area contributed by atoms with E-state index in [0.717, 1.165) is 30.4 Å². The minimum atomic E-state index is -1.05. The SMILES string of the molecule is CC(=O)O[C@@]1(C(C)=O)[C@H](C)C[C@H]2[C@@H]3C=C(C)C4=CC(=O)C=C[C@]4(C)[C@H]3CC[C@@]21C. The Morgan fingerprint density at radius 1 is 1.17 bits per heavy atom. The highest BCUT2D eigenvalue weighted by Crippen LogP contribution is 2.68. The molecular weight excluding hydrogens is 364 g/mol. The molecular formula is C25H32O4. The molecule has 0 aromatic rings. The van der Waals surface area contributed by atoms with Gasteiger partial charge in [-0.3, -0.25) is 14.4 Å². The van der Waals surface area contributed by atoms with E-state index in [-0.39, 0.29) is 40.2 Å². The van der Waals surface area contributed by atoms with Crippen molar-refractivity contribution in [2.75, 3.05) is 0 Å². The summed E-state index contributed by atoms with van der Waals surface area (Å²) in [6, 6.07) is 0. The molecule has 4 aliphatic rings. The van der Waals surface area contributed by atoms with Crippen molar-refractivity contribution >= 4 is 17.5 Å². The Labute approximate surface area is 173 Å². The van der Waals surface area contributed by atoms with Gasteiger partial charge in [0.25, 0.3) is 0 Å². The van der Waals surface area contributed by atoms with Crippen molar-refractivity contribution in [2.45, 2.75) is 66.4 Å². The second kappa shape index (κ2) is 6.26. The van der Waals surface area contributed by atoms with Crippen LogP contribution in [0.3, 0.4) is 0 Å². The number of fused-ring (bicyclic) bond motifs is 5. The lowest BCUT2D eigenvalue weighted by molar-refractivity contribution is -0.190. The predicted molar refractivity (Wildman–Crippen MR) is 111 cm³/mol. The number of ketones is 2. The quantitative estimate of drug-likeness (QED) is 0.640. The number of carbonyl (C=O) groups excluding carboxylic acids is 3. The average molecular weight is 397 g/mol. The van der Waals surface area contributed by atoms with Gasteiger partial charge in [-0.05, 0) is 68.6 Å². The number of rotatable bonds is 2. The summed E-state index contributed by atoms with van der Waals surface area (Å²) in [5.74, 6) is 0.579. The molecule has 4 nitrogen and oxygen atoms in total. The standard InChI is InChI=1S/C25H32O4/c1-14-11-19-20(23(5)9-7-18(28)13-21(14)23)8-10-24(6)22(19)12-15(2)25(24,16(3)26)29-17(4)27/h7,9,11,13,15,19-20,22H,8,10,12H2,1-6H3/t15-,19-,20+,22+,23-,24+,25-/m1/s1. The van der Waals surface area contributed by atoms with Crippen LogP contribution in [0.1, 0.15) is 60.8 Å². The van der Waals surface area contributed by atoms with Gasteiger partial charge in [-0.15, -0.1) is 0 Å². The van der Waals surface area contributed by atoms with Crippen LogP contribution in [0.5, 0.6) is 0 Å². The van der Waals surface area contributed by atoms with E-state index in [1.54, 1.807) is 19.1 Å². The second-order valence-corrected chi connectivity index (χ2v) is 10.2. The zero-order chi connectivity index (χ0) is 21.4. The summed E-state index contributed by atoms with van der Waals surface area (Å²) in [7, 11) is 0. The molecule has 0 saturated heterocycles. The van der Waals surface area contributed by atoms with Gasteiger partial charge in [-0.2, -0.15) is 0 Å². The Balaban J connectivity index is 1.84. The van der Waals surface area contributed by atoms with Gasteiger partial charge in [-0.1, -0.05) is 38.5 Å². The maximum atomic E-state index is 13.0. The van der Waals surface area contributed by atoms with Crippen molar-refractivity contribution in [3.63, 3.8) is 0 Å². The van der Waals surface area contributed by atoms with Crippen molar-refractivity contribution in [1.82, 2.24) is 0 Å². The first kappa shape index (κ1) is 20.3. The third-order valence-electron chi connectivity index (χ3n) is 8.80. The Morgan fingerprint density at radius 2 is 1.86 bits per heavy atom. The average Bonchev–Trinajstić information content (AvgIpc) is 2.85. The van der Waals surface area contributed by atoms with Crippen molar-refractivity contribution < 1.29 is 19.1 Å². The molecule has 2 fully saturated rings. The summed E-state index contributed by atoms with van der Waals surface area (Å²) in [6.07, 6.45) is 10.6. The lowest BCUT2D eigenvalue weighted by Gasteiger charge is -2.57. The zero-order valence-corrected chi connectivity index (χ0v) is 18.4. The summed E-state index contributed by atoms with van der Waals surface area (Å²) in [6.45, 7) is 11.6. The largest absolute Gasteiger partial charge is 0.450 e. The topological polar surface area (TPSA) is 60.4 Å². The van der Waals surface area contributed by atoms with Crippen LogP contribution in [0, 0.1) is 34.5 Å². The van der Waals surface area contributed by atoms with Crippen LogP contribution in [-0.4, -0.2) is 23.1 Å². The third-order valence-corrected chi connectivity index (χ3v) is 8.80. The van der Waals surface area contributed by atoms with E-state index in [4.69, 9.17) is 4.74 Å². The van der Waals surface area contributed by atoms with Gasteiger partial charge in [0.05, 0.1) is 0 Å². The molecule has 7 atom stereocenters. The summed E-state index contributed by atoms with van der Waals surface area (Å²) in [5.41, 5.74) is 0.708. The fraction of sp³-hybridized carbons (Fsp3) is 0.640. The van der Waals surface area contributed by atoms with Gasteiger partial charge in [0.2, 0.25) is 0 Å². The predicted octanol–water partition coefficient (Wildman–Crippen LogP) is 4.60. The molecule has 4 heteroatoms. The highest BCUT2D eigenvalue weighted by Gasteiger charge is 2.70. The Hall–Kier alpha value is -1.97. The summed E-state index contributed by atoms with van der Waals surface area (Å²) >= 11 is 0. The maximum absolute atomic E-state index is 13.0. The molecule has 0 amide bonds. The maximum Gasteiger partial charge on any atom is 0.303 e. The number of esters is 1. The minimum Gasteiger partial charge on any atom is -0.450 e. The number of carbonyl (C=O) groups is 3. The molecule has 0 heterocycles. The zero-order valence-electron chi connectivity index (χ0n) is 18.4. The molecule has 4 aliphatic carbocycles. The van der Waals surface area contributed by atoms with Crippen molar-refractivity contribution in [1.29, 1.82) is 0 Å². The molecule has 0 aromatic carbocycles. The van der Waals surface area contributed by atoms with Gasteiger partial charge >= 0.3 is 5.97 Å². The fourth-order valence-electron chi connectivity index (χ4n) is 7.65. The monoisotopic (exact) mass is 396 g/mol. The van der Waals surface area contributed by atoms with Crippen molar-refractivity contribution in [3.8, 4) is 0 Å².